The lowest BCUT2D eigenvalue weighted by Gasteiger charge is -2.32. The van der Waals surface area contributed by atoms with Crippen molar-refractivity contribution >= 4 is 6.29 Å². The lowest BCUT2D eigenvalue weighted by Crippen LogP contribution is -2.33. The van der Waals surface area contributed by atoms with Gasteiger partial charge in [0.25, 0.3) is 0 Å². The van der Waals surface area contributed by atoms with Gasteiger partial charge in [-0.05, 0) is 33.1 Å². The van der Waals surface area contributed by atoms with E-state index in [1.54, 1.807) is 7.11 Å². The van der Waals surface area contributed by atoms with Crippen molar-refractivity contribution in [1.29, 1.82) is 0 Å². The van der Waals surface area contributed by atoms with Gasteiger partial charge in [-0.2, -0.15) is 0 Å². The molecule has 1 rings (SSSR count). The molecule has 0 aromatic carbocycles. The lowest BCUT2D eigenvalue weighted by molar-refractivity contribution is -0.120. The lowest BCUT2D eigenvalue weighted by atomic mass is 9.78. The van der Waals surface area contributed by atoms with Gasteiger partial charge in [0, 0.05) is 12.5 Å². The van der Waals surface area contributed by atoms with Gasteiger partial charge in [0.1, 0.15) is 6.29 Å². The van der Waals surface area contributed by atoms with Crippen molar-refractivity contribution in [1.82, 2.24) is 0 Å². The summed E-state index contributed by atoms with van der Waals surface area (Å²) in [6.07, 6.45) is 6.49. The quantitative estimate of drug-likeness (QED) is 0.628. The molecule has 13 heavy (non-hydrogen) atoms. The Kier molecular flexibility index (Phi) is 3.12. The largest absolute Gasteiger partial charge is 0.379 e. The third kappa shape index (κ3) is 2.53. The number of carbonyl (C=O) groups is 1. The van der Waals surface area contributed by atoms with Crippen molar-refractivity contribution in [3.63, 3.8) is 0 Å². The van der Waals surface area contributed by atoms with Crippen LogP contribution in [0.5, 0.6) is 0 Å². The maximum absolute atomic E-state index is 11.1. The zero-order valence-corrected chi connectivity index (χ0v) is 8.93. The minimum atomic E-state index is -0.161. The highest BCUT2D eigenvalue weighted by Gasteiger charge is 2.38. The molecule has 2 nitrogen and oxygen atoms in total. The predicted octanol–water partition coefficient (Wildman–Crippen LogP) is 2.56. The van der Waals surface area contributed by atoms with Gasteiger partial charge in [0.2, 0.25) is 0 Å². The molecule has 0 aromatic heterocycles. The topological polar surface area (TPSA) is 26.3 Å². The van der Waals surface area contributed by atoms with Gasteiger partial charge >= 0.3 is 0 Å². The molecule has 0 aliphatic heterocycles. The second-order valence-electron chi connectivity index (χ2n) is 4.83. The highest BCUT2D eigenvalue weighted by Crippen LogP contribution is 2.42. The number of hydrogen-bond donors (Lipinski definition) is 0. The van der Waals surface area contributed by atoms with E-state index < -0.39 is 0 Å². The number of rotatable bonds is 4. The van der Waals surface area contributed by atoms with Crippen molar-refractivity contribution in [3.8, 4) is 0 Å². The SMILES string of the molecule is COC(C)(C)CC1(C=O)CCCC1. The van der Waals surface area contributed by atoms with Crippen LogP contribution in [0.4, 0.5) is 0 Å². The van der Waals surface area contributed by atoms with Crippen molar-refractivity contribution in [2.75, 3.05) is 7.11 Å². The average Bonchev–Trinajstić information content (AvgIpc) is 2.53. The number of hydrogen-bond acceptors (Lipinski definition) is 2. The van der Waals surface area contributed by atoms with Crippen LogP contribution in [0.1, 0.15) is 46.0 Å². The molecular formula is C11H20O2. The summed E-state index contributed by atoms with van der Waals surface area (Å²) in [5.74, 6) is 0. The summed E-state index contributed by atoms with van der Waals surface area (Å²) in [6, 6.07) is 0. The van der Waals surface area contributed by atoms with Gasteiger partial charge < -0.3 is 9.53 Å². The molecule has 0 N–H and O–H groups in total. The van der Waals surface area contributed by atoms with Crippen LogP contribution in [0.2, 0.25) is 0 Å². The Morgan fingerprint density at radius 2 is 1.92 bits per heavy atom. The van der Waals surface area contributed by atoms with Crippen LogP contribution in [0.25, 0.3) is 0 Å². The first-order valence-corrected chi connectivity index (χ1v) is 5.05. The Morgan fingerprint density at radius 1 is 1.38 bits per heavy atom. The molecule has 0 spiro atoms. The molecule has 1 saturated carbocycles. The molecule has 0 bridgehead atoms. The van der Waals surface area contributed by atoms with Crippen molar-refractivity contribution in [3.05, 3.63) is 0 Å². The van der Waals surface area contributed by atoms with E-state index in [9.17, 15) is 4.79 Å². The first-order valence-electron chi connectivity index (χ1n) is 5.05. The fourth-order valence-corrected chi connectivity index (χ4v) is 2.34. The predicted molar refractivity (Wildman–Crippen MR) is 52.7 cm³/mol. The third-order valence-corrected chi connectivity index (χ3v) is 3.18. The molecule has 1 aliphatic rings. The first kappa shape index (κ1) is 10.7. The summed E-state index contributed by atoms with van der Waals surface area (Å²) in [4.78, 5) is 11.1. The van der Waals surface area contributed by atoms with Gasteiger partial charge in [-0.25, -0.2) is 0 Å². The van der Waals surface area contributed by atoms with E-state index in [0.717, 1.165) is 25.5 Å². The molecule has 0 atom stereocenters. The van der Waals surface area contributed by atoms with Gasteiger partial charge in [0.05, 0.1) is 5.60 Å². The Hall–Kier alpha value is -0.370. The van der Waals surface area contributed by atoms with Crippen LogP contribution in [0.15, 0.2) is 0 Å². The van der Waals surface area contributed by atoms with Crippen LogP contribution in [0, 0.1) is 5.41 Å². The van der Waals surface area contributed by atoms with E-state index in [4.69, 9.17) is 4.74 Å². The molecule has 76 valence electrons. The number of methoxy groups -OCH3 is 1. The second kappa shape index (κ2) is 3.79. The minimum Gasteiger partial charge on any atom is -0.379 e. The van der Waals surface area contributed by atoms with E-state index in [1.807, 2.05) is 0 Å². The molecule has 1 aliphatic carbocycles. The van der Waals surface area contributed by atoms with Crippen molar-refractivity contribution in [2.24, 2.45) is 5.41 Å². The van der Waals surface area contributed by atoms with E-state index in [-0.39, 0.29) is 11.0 Å². The molecule has 0 aromatic rings. The molecule has 0 unspecified atom stereocenters. The van der Waals surface area contributed by atoms with E-state index >= 15 is 0 Å². The van der Waals surface area contributed by atoms with Gasteiger partial charge in [0.15, 0.2) is 0 Å². The number of ether oxygens (including phenoxy) is 1. The summed E-state index contributed by atoms with van der Waals surface area (Å²) >= 11 is 0. The van der Waals surface area contributed by atoms with Crippen molar-refractivity contribution in [2.45, 2.75) is 51.6 Å². The third-order valence-electron chi connectivity index (χ3n) is 3.18. The Labute approximate surface area is 80.7 Å². The number of aldehydes is 1. The fourth-order valence-electron chi connectivity index (χ4n) is 2.34. The summed E-state index contributed by atoms with van der Waals surface area (Å²) in [5.41, 5.74) is -0.245. The molecule has 0 amide bonds. The highest BCUT2D eigenvalue weighted by atomic mass is 16.5. The van der Waals surface area contributed by atoms with Crippen molar-refractivity contribution < 1.29 is 9.53 Å². The summed E-state index contributed by atoms with van der Waals surface area (Å²) in [7, 11) is 1.72. The van der Waals surface area contributed by atoms with Gasteiger partial charge in [-0.3, -0.25) is 0 Å². The molecular weight excluding hydrogens is 164 g/mol. The van der Waals surface area contributed by atoms with Crippen LogP contribution >= 0.6 is 0 Å². The number of carbonyl (C=O) groups excluding carboxylic acids is 1. The second-order valence-corrected chi connectivity index (χ2v) is 4.83. The maximum atomic E-state index is 11.1. The van der Waals surface area contributed by atoms with Gasteiger partial charge in [-0.1, -0.05) is 12.8 Å². The summed E-state index contributed by atoms with van der Waals surface area (Å²) in [6.45, 7) is 4.10. The molecule has 0 saturated heterocycles. The highest BCUT2D eigenvalue weighted by molar-refractivity contribution is 5.60. The summed E-state index contributed by atoms with van der Waals surface area (Å²) < 4.78 is 5.37. The fraction of sp³-hybridized carbons (Fsp3) is 0.909. The van der Waals surface area contributed by atoms with Crippen LogP contribution < -0.4 is 0 Å². The molecule has 2 heteroatoms. The van der Waals surface area contributed by atoms with Crippen LogP contribution in [0.3, 0.4) is 0 Å². The van der Waals surface area contributed by atoms with Crippen LogP contribution in [-0.2, 0) is 9.53 Å². The maximum Gasteiger partial charge on any atom is 0.126 e. The standard InChI is InChI=1S/C11H20O2/c1-10(2,13-3)8-11(9-12)6-4-5-7-11/h9H,4-8H2,1-3H3. The Bertz CT molecular complexity index is 179. The van der Waals surface area contributed by atoms with E-state index in [2.05, 4.69) is 13.8 Å². The zero-order valence-electron chi connectivity index (χ0n) is 8.93. The van der Waals surface area contributed by atoms with Crippen LogP contribution in [-0.4, -0.2) is 19.0 Å². The summed E-state index contributed by atoms with van der Waals surface area (Å²) in [5, 5.41) is 0. The first-order chi connectivity index (χ1) is 6.04. The van der Waals surface area contributed by atoms with E-state index in [1.165, 1.54) is 12.8 Å². The zero-order chi connectivity index (χ0) is 9.95. The molecule has 1 fully saturated rings. The smallest absolute Gasteiger partial charge is 0.126 e. The average molecular weight is 184 g/mol. The molecule has 0 heterocycles. The Balaban J connectivity index is 2.63. The Morgan fingerprint density at radius 3 is 2.31 bits per heavy atom. The molecule has 0 radical (unpaired) electrons. The monoisotopic (exact) mass is 184 g/mol. The van der Waals surface area contributed by atoms with E-state index in [0.29, 0.717) is 0 Å². The minimum absolute atomic E-state index is 0.0838. The van der Waals surface area contributed by atoms with Gasteiger partial charge in [-0.15, -0.1) is 0 Å². The normalized spacial score (nSPS) is 21.8.